The van der Waals surface area contributed by atoms with Crippen molar-refractivity contribution in [1.29, 1.82) is 0 Å². The number of alkyl halides is 3. The molecule has 13 heteroatoms. The third-order valence-corrected chi connectivity index (χ3v) is 8.02. The highest BCUT2D eigenvalue weighted by Gasteiger charge is 2.32. The number of amides is 3. The second kappa shape index (κ2) is 14.7. The molecule has 9 nitrogen and oxygen atoms in total. The molecule has 4 rings (SSSR count). The van der Waals surface area contributed by atoms with Gasteiger partial charge in [0.05, 0.1) is 18.2 Å². The summed E-state index contributed by atoms with van der Waals surface area (Å²) < 4.78 is 41.9. The molecule has 0 bridgehead atoms. The van der Waals surface area contributed by atoms with E-state index in [9.17, 15) is 27.6 Å². The van der Waals surface area contributed by atoms with E-state index in [1.165, 1.54) is 17.0 Å². The highest BCUT2D eigenvalue weighted by Crippen LogP contribution is 2.30. The lowest BCUT2D eigenvalue weighted by molar-refractivity contribution is -0.137. The number of fused-ring (bicyclic) bond motifs is 1. The quantitative estimate of drug-likeness (QED) is 0.399. The number of halogens is 3. The summed E-state index contributed by atoms with van der Waals surface area (Å²) in [6.45, 7) is 4.26. The van der Waals surface area contributed by atoms with Crippen LogP contribution in [0.1, 0.15) is 60.9 Å². The first-order chi connectivity index (χ1) is 21.0. The smallest absolute Gasteiger partial charge is 0.344 e. The second-order valence-corrected chi connectivity index (χ2v) is 12.0. The van der Waals surface area contributed by atoms with Crippen LogP contribution in [0, 0.1) is 5.92 Å². The number of nitrogens with zero attached hydrogens (tertiary/aromatic N) is 4. The SMILES string of the molecule is CSCC[C@@H]1NC(=O)CCCN(C(=O)c2cccc(C(F)(F)F)c2)CCn2nc(-c3ccccc3)nc2[C@@H](C(C)C)NC1=O. The van der Waals surface area contributed by atoms with E-state index < -0.39 is 29.7 Å². The van der Waals surface area contributed by atoms with Gasteiger partial charge < -0.3 is 15.5 Å². The highest BCUT2D eigenvalue weighted by molar-refractivity contribution is 7.98. The molecule has 1 aromatic heterocycles. The largest absolute Gasteiger partial charge is 0.416 e. The zero-order chi connectivity index (χ0) is 31.9. The van der Waals surface area contributed by atoms with E-state index in [0.717, 1.165) is 17.7 Å². The number of rotatable bonds is 6. The Hall–Kier alpha value is -3.87. The minimum Gasteiger partial charge on any atom is -0.344 e. The molecular weight excluding hydrogens is 593 g/mol. The second-order valence-electron chi connectivity index (χ2n) is 11.0. The van der Waals surface area contributed by atoms with Gasteiger partial charge in [-0.25, -0.2) is 9.67 Å². The Morgan fingerprint density at radius 2 is 1.80 bits per heavy atom. The molecule has 0 spiro atoms. The normalized spacial score (nSPS) is 18.8. The van der Waals surface area contributed by atoms with Crippen LogP contribution in [0.5, 0.6) is 0 Å². The zero-order valence-electron chi connectivity index (χ0n) is 24.9. The molecule has 2 aromatic carbocycles. The number of nitrogens with one attached hydrogen (secondary N) is 2. The summed E-state index contributed by atoms with van der Waals surface area (Å²) in [5.74, 6) is 0.209. The van der Waals surface area contributed by atoms with Crippen LogP contribution in [0.25, 0.3) is 11.4 Å². The highest BCUT2D eigenvalue weighted by atomic mass is 32.2. The van der Waals surface area contributed by atoms with Crippen LogP contribution in [0.3, 0.4) is 0 Å². The van der Waals surface area contributed by atoms with Crippen LogP contribution in [0.2, 0.25) is 0 Å². The van der Waals surface area contributed by atoms with Gasteiger partial charge in [0.1, 0.15) is 6.04 Å². The van der Waals surface area contributed by atoms with Crippen LogP contribution in [0.15, 0.2) is 54.6 Å². The minimum atomic E-state index is -4.60. The van der Waals surface area contributed by atoms with Crippen LogP contribution in [-0.4, -0.2) is 68.5 Å². The fraction of sp³-hybridized carbons (Fsp3) is 0.452. The zero-order valence-corrected chi connectivity index (χ0v) is 25.8. The Morgan fingerprint density at radius 3 is 2.48 bits per heavy atom. The topological polar surface area (TPSA) is 109 Å². The average Bonchev–Trinajstić information content (AvgIpc) is 3.42. The first-order valence-electron chi connectivity index (χ1n) is 14.5. The van der Waals surface area contributed by atoms with Crippen molar-refractivity contribution in [3.63, 3.8) is 0 Å². The van der Waals surface area contributed by atoms with E-state index in [1.54, 1.807) is 16.4 Å². The molecule has 1 aliphatic heterocycles. The van der Waals surface area contributed by atoms with E-state index >= 15 is 0 Å². The van der Waals surface area contributed by atoms with Crippen LogP contribution in [0.4, 0.5) is 13.2 Å². The van der Waals surface area contributed by atoms with Crippen molar-refractivity contribution in [2.75, 3.05) is 25.1 Å². The Labute approximate surface area is 259 Å². The summed E-state index contributed by atoms with van der Waals surface area (Å²) in [4.78, 5) is 46.2. The lowest BCUT2D eigenvalue weighted by Crippen LogP contribution is -2.49. The number of carbonyl (C=O) groups excluding carboxylic acids is 3. The molecule has 2 N–H and O–H groups in total. The summed E-state index contributed by atoms with van der Waals surface area (Å²) >= 11 is 1.56. The van der Waals surface area contributed by atoms with E-state index in [0.29, 0.717) is 23.8 Å². The maximum atomic E-state index is 13.6. The van der Waals surface area contributed by atoms with Crippen molar-refractivity contribution in [2.45, 2.75) is 57.9 Å². The van der Waals surface area contributed by atoms with E-state index in [4.69, 9.17) is 10.1 Å². The number of aromatic nitrogens is 3. The van der Waals surface area contributed by atoms with E-state index in [-0.39, 0.29) is 55.8 Å². The van der Waals surface area contributed by atoms with Gasteiger partial charge >= 0.3 is 6.18 Å². The molecule has 0 radical (unpaired) electrons. The standard InChI is InChI=1S/C31H37F3N6O3S/c1-20(2)26-28-37-27(21-9-5-4-6-10-21)38-40(28)17-16-39(30(43)22-11-7-12-23(19-22)31(32,33)34)15-8-13-25(41)35-24(14-18-44-3)29(42)36-26/h4-7,9-12,19-20,24,26H,8,13-18H2,1-3H3,(H,35,41)(H,36,42)/t24-,26+/m0/s1. The predicted molar refractivity (Wildman–Crippen MR) is 163 cm³/mol. The van der Waals surface area contributed by atoms with Crippen LogP contribution >= 0.6 is 11.8 Å². The lowest BCUT2D eigenvalue weighted by Gasteiger charge is -2.28. The van der Waals surface area contributed by atoms with E-state index in [2.05, 4.69) is 10.6 Å². The van der Waals surface area contributed by atoms with Crippen molar-refractivity contribution in [3.05, 3.63) is 71.5 Å². The molecule has 2 atom stereocenters. The Balaban J connectivity index is 1.74. The number of benzene rings is 2. The number of hydrogen-bond donors (Lipinski definition) is 2. The third-order valence-electron chi connectivity index (χ3n) is 7.37. The van der Waals surface area contributed by atoms with Gasteiger partial charge in [-0.15, -0.1) is 0 Å². The van der Waals surface area contributed by atoms with Crippen molar-refractivity contribution in [3.8, 4) is 11.4 Å². The summed E-state index contributed by atoms with van der Waals surface area (Å²) in [5, 5.41) is 10.6. The number of hydrogen-bond acceptors (Lipinski definition) is 6. The van der Waals surface area contributed by atoms with Crippen LogP contribution < -0.4 is 10.6 Å². The molecule has 0 unspecified atom stereocenters. The van der Waals surface area contributed by atoms with Gasteiger partial charge in [-0.1, -0.05) is 50.2 Å². The Kier molecular flexibility index (Phi) is 11.1. The number of thioether (sulfide) groups is 1. The van der Waals surface area contributed by atoms with Gasteiger partial charge in [0, 0.05) is 30.6 Å². The van der Waals surface area contributed by atoms with Gasteiger partial charge in [0.25, 0.3) is 5.91 Å². The molecule has 0 saturated heterocycles. The van der Waals surface area contributed by atoms with Gasteiger partial charge in [-0.2, -0.15) is 30.0 Å². The summed E-state index contributed by atoms with van der Waals surface area (Å²) in [6, 6.07) is 12.3. The molecule has 1 aliphatic rings. The van der Waals surface area contributed by atoms with Crippen molar-refractivity contribution in [2.24, 2.45) is 5.92 Å². The fourth-order valence-corrected chi connectivity index (χ4v) is 5.46. The molecule has 0 fully saturated rings. The van der Waals surface area contributed by atoms with Gasteiger partial charge in [0.2, 0.25) is 11.8 Å². The molecule has 0 saturated carbocycles. The maximum absolute atomic E-state index is 13.6. The molecular formula is C31H37F3N6O3S. The lowest BCUT2D eigenvalue weighted by atomic mass is 10.0. The summed E-state index contributed by atoms with van der Waals surface area (Å²) in [6.07, 6.45) is -1.97. The Bertz CT molecular complexity index is 1450. The third kappa shape index (κ3) is 8.40. The first-order valence-corrected chi connectivity index (χ1v) is 15.9. The molecule has 2 heterocycles. The van der Waals surface area contributed by atoms with Crippen molar-refractivity contribution >= 4 is 29.5 Å². The summed E-state index contributed by atoms with van der Waals surface area (Å²) in [5.41, 5.74) is -0.248. The molecule has 0 aliphatic carbocycles. The molecule has 236 valence electrons. The van der Waals surface area contributed by atoms with Crippen LogP contribution in [-0.2, 0) is 22.3 Å². The predicted octanol–water partition coefficient (Wildman–Crippen LogP) is 4.95. The van der Waals surface area contributed by atoms with Gasteiger partial charge in [-0.3, -0.25) is 14.4 Å². The van der Waals surface area contributed by atoms with Gasteiger partial charge in [-0.05, 0) is 49.0 Å². The minimum absolute atomic E-state index is 0.0375. The molecule has 44 heavy (non-hydrogen) atoms. The Morgan fingerprint density at radius 1 is 1.05 bits per heavy atom. The first kappa shape index (κ1) is 33.0. The fourth-order valence-electron chi connectivity index (χ4n) is 4.98. The monoisotopic (exact) mass is 630 g/mol. The van der Waals surface area contributed by atoms with E-state index in [1.807, 2.05) is 50.4 Å². The van der Waals surface area contributed by atoms with Gasteiger partial charge in [0.15, 0.2) is 11.6 Å². The maximum Gasteiger partial charge on any atom is 0.416 e. The summed E-state index contributed by atoms with van der Waals surface area (Å²) in [7, 11) is 0. The average molecular weight is 631 g/mol. The molecule has 3 aromatic rings. The van der Waals surface area contributed by atoms with Crippen molar-refractivity contribution in [1.82, 2.24) is 30.3 Å². The number of carbonyl (C=O) groups is 3. The van der Waals surface area contributed by atoms with Crippen molar-refractivity contribution < 1.29 is 27.6 Å². The molecule has 3 amide bonds.